The van der Waals surface area contributed by atoms with Crippen molar-refractivity contribution >= 4 is 6.09 Å². The number of likely N-dealkylation sites (tertiary alicyclic amines) is 1. The molecule has 0 bridgehead atoms. The standard InChI is InChI=1S/C16H31N3O2/c1-5-17-10-12-18(13-11-17)14-6-8-19(9-7-14)15(20)21-16(2,3)4/h14H,5-13H2,1-4H3. The van der Waals surface area contributed by atoms with Crippen molar-refractivity contribution in [1.29, 1.82) is 0 Å². The van der Waals surface area contributed by atoms with E-state index in [-0.39, 0.29) is 6.09 Å². The number of carbonyl (C=O) groups excluding carboxylic acids is 1. The lowest BCUT2D eigenvalue weighted by Gasteiger charge is -2.42. The molecule has 5 heteroatoms. The Morgan fingerprint density at radius 1 is 1.05 bits per heavy atom. The topological polar surface area (TPSA) is 36.0 Å². The lowest BCUT2D eigenvalue weighted by molar-refractivity contribution is 0.0102. The van der Waals surface area contributed by atoms with E-state index >= 15 is 0 Å². The Hall–Kier alpha value is -0.810. The number of piperidine rings is 1. The molecule has 0 aliphatic carbocycles. The first kappa shape index (κ1) is 16.6. The van der Waals surface area contributed by atoms with Crippen molar-refractivity contribution in [1.82, 2.24) is 14.7 Å². The molecule has 0 spiro atoms. The zero-order valence-electron chi connectivity index (χ0n) is 14.1. The molecular formula is C16H31N3O2. The predicted octanol–water partition coefficient (Wildman–Crippen LogP) is 2.02. The maximum absolute atomic E-state index is 12.1. The lowest BCUT2D eigenvalue weighted by atomic mass is 10.0. The van der Waals surface area contributed by atoms with Gasteiger partial charge < -0.3 is 14.5 Å². The monoisotopic (exact) mass is 297 g/mol. The van der Waals surface area contributed by atoms with E-state index in [4.69, 9.17) is 4.74 Å². The molecular weight excluding hydrogens is 266 g/mol. The number of rotatable bonds is 2. The number of hydrogen-bond donors (Lipinski definition) is 0. The molecule has 0 saturated carbocycles. The van der Waals surface area contributed by atoms with Crippen molar-refractivity contribution in [3.8, 4) is 0 Å². The summed E-state index contributed by atoms with van der Waals surface area (Å²) < 4.78 is 5.45. The summed E-state index contributed by atoms with van der Waals surface area (Å²) in [7, 11) is 0. The maximum atomic E-state index is 12.1. The van der Waals surface area contributed by atoms with E-state index in [1.54, 1.807) is 0 Å². The molecule has 0 radical (unpaired) electrons. The highest BCUT2D eigenvalue weighted by atomic mass is 16.6. The van der Waals surface area contributed by atoms with Gasteiger partial charge in [0.2, 0.25) is 0 Å². The zero-order chi connectivity index (χ0) is 15.5. The minimum Gasteiger partial charge on any atom is -0.444 e. The summed E-state index contributed by atoms with van der Waals surface area (Å²) in [5.74, 6) is 0. The lowest BCUT2D eigenvalue weighted by Crippen LogP contribution is -2.53. The minimum atomic E-state index is -0.398. The van der Waals surface area contributed by atoms with Gasteiger partial charge in [-0.2, -0.15) is 0 Å². The van der Waals surface area contributed by atoms with Crippen LogP contribution in [0.25, 0.3) is 0 Å². The van der Waals surface area contributed by atoms with Crippen molar-refractivity contribution < 1.29 is 9.53 Å². The van der Waals surface area contributed by atoms with Crippen LogP contribution >= 0.6 is 0 Å². The van der Waals surface area contributed by atoms with Crippen molar-refractivity contribution in [3.63, 3.8) is 0 Å². The fraction of sp³-hybridized carbons (Fsp3) is 0.938. The van der Waals surface area contributed by atoms with E-state index in [0.717, 1.165) is 32.5 Å². The smallest absolute Gasteiger partial charge is 0.410 e. The number of likely N-dealkylation sites (N-methyl/N-ethyl adjacent to an activating group) is 1. The van der Waals surface area contributed by atoms with E-state index in [2.05, 4.69) is 16.7 Å². The van der Waals surface area contributed by atoms with Gasteiger partial charge in [0, 0.05) is 45.3 Å². The first-order valence-electron chi connectivity index (χ1n) is 8.33. The summed E-state index contributed by atoms with van der Waals surface area (Å²) in [5, 5.41) is 0. The molecule has 2 fully saturated rings. The number of piperazine rings is 1. The van der Waals surface area contributed by atoms with Crippen LogP contribution < -0.4 is 0 Å². The molecule has 5 nitrogen and oxygen atoms in total. The second-order valence-electron chi connectivity index (χ2n) is 7.17. The van der Waals surface area contributed by atoms with Crippen molar-refractivity contribution in [2.75, 3.05) is 45.8 Å². The molecule has 2 aliphatic rings. The van der Waals surface area contributed by atoms with Gasteiger partial charge in [-0.1, -0.05) is 6.92 Å². The summed E-state index contributed by atoms with van der Waals surface area (Å²) in [4.78, 5) is 19.0. The van der Waals surface area contributed by atoms with Crippen LogP contribution in [0, 0.1) is 0 Å². The minimum absolute atomic E-state index is 0.156. The molecule has 0 N–H and O–H groups in total. The van der Waals surface area contributed by atoms with Gasteiger partial charge in [-0.25, -0.2) is 4.79 Å². The van der Waals surface area contributed by atoms with E-state index in [1.165, 1.54) is 26.2 Å². The van der Waals surface area contributed by atoms with Gasteiger partial charge >= 0.3 is 6.09 Å². The van der Waals surface area contributed by atoms with E-state index < -0.39 is 5.60 Å². The Morgan fingerprint density at radius 3 is 2.10 bits per heavy atom. The molecule has 0 aromatic heterocycles. The molecule has 122 valence electrons. The molecule has 0 aromatic rings. The van der Waals surface area contributed by atoms with Gasteiger partial charge in [0.25, 0.3) is 0 Å². The second-order valence-corrected chi connectivity index (χ2v) is 7.17. The Balaban J connectivity index is 1.75. The molecule has 21 heavy (non-hydrogen) atoms. The number of ether oxygens (including phenoxy) is 1. The van der Waals surface area contributed by atoms with Crippen LogP contribution in [0.2, 0.25) is 0 Å². The highest BCUT2D eigenvalue weighted by Crippen LogP contribution is 2.20. The first-order chi connectivity index (χ1) is 9.89. The molecule has 0 aromatic carbocycles. The van der Waals surface area contributed by atoms with Crippen molar-refractivity contribution in [2.45, 2.75) is 52.2 Å². The Bertz CT molecular complexity index is 338. The van der Waals surface area contributed by atoms with Crippen LogP contribution in [0.5, 0.6) is 0 Å². The van der Waals surface area contributed by atoms with Crippen LogP contribution in [0.15, 0.2) is 0 Å². The molecule has 1 amide bonds. The molecule has 0 unspecified atom stereocenters. The van der Waals surface area contributed by atoms with Crippen LogP contribution in [0.1, 0.15) is 40.5 Å². The second kappa shape index (κ2) is 6.97. The van der Waals surface area contributed by atoms with Gasteiger partial charge in [-0.05, 0) is 40.2 Å². The molecule has 2 heterocycles. The average Bonchev–Trinajstić information content (AvgIpc) is 2.46. The normalized spacial score (nSPS) is 23.3. The number of carbonyl (C=O) groups is 1. The molecule has 2 rings (SSSR count). The third-order valence-corrected chi connectivity index (χ3v) is 4.49. The highest BCUT2D eigenvalue weighted by molar-refractivity contribution is 5.68. The quantitative estimate of drug-likeness (QED) is 0.781. The zero-order valence-corrected chi connectivity index (χ0v) is 14.1. The van der Waals surface area contributed by atoms with E-state index in [1.807, 2.05) is 25.7 Å². The third kappa shape index (κ3) is 4.85. The van der Waals surface area contributed by atoms with Crippen LogP contribution in [0.4, 0.5) is 4.79 Å². The number of hydrogen-bond acceptors (Lipinski definition) is 4. The van der Waals surface area contributed by atoms with Crippen molar-refractivity contribution in [3.05, 3.63) is 0 Å². The summed E-state index contributed by atoms with van der Waals surface area (Å²) in [6, 6.07) is 0.641. The number of amides is 1. The number of nitrogens with zero attached hydrogens (tertiary/aromatic N) is 3. The van der Waals surface area contributed by atoms with Gasteiger partial charge in [0.05, 0.1) is 0 Å². The summed E-state index contributed by atoms with van der Waals surface area (Å²) in [6.07, 6.45) is 1.99. The van der Waals surface area contributed by atoms with Gasteiger partial charge in [-0.3, -0.25) is 4.90 Å². The summed E-state index contributed by atoms with van der Waals surface area (Å²) in [5.41, 5.74) is -0.398. The summed E-state index contributed by atoms with van der Waals surface area (Å²) in [6.45, 7) is 15.5. The van der Waals surface area contributed by atoms with Gasteiger partial charge in [-0.15, -0.1) is 0 Å². The fourth-order valence-electron chi connectivity index (χ4n) is 3.18. The largest absolute Gasteiger partial charge is 0.444 e. The van der Waals surface area contributed by atoms with Crippen LogP contribution in [-0.4, -0.2) is 78.2 Å². The fourth-order valence-corrected chi connectivity index (χ4v) is 3.18. The first-order valence-corrected chi connectivity index (χ1v) is 8.33. The third-order valence-electron chi connectivity index (χ3n) is 4.49. The SMILES string of the molecule is CCN1CCN(C2CCN(C(=O)OC(C)(C)C)CC2)CC1. The van der Waals surface area contributed by atoms with E-state index in [0.29, 0.717) is 6.04 Å². The molecule has 2 aliphatic heterocycles. The van der Waals surface area contributed by atoms with E-state index in [9.17, 15) is 4.79 Å². The van der Waals surface area contributed by atoms with Crippen molar-refractivity contribution in [2.24, 2.45) is 0 Å². The molecule has 0 atom stereocenters. The summed E-state index contributed by atoms with van der Waals surface area (Å²) >= 11 is 0. The van der Waals surface area contributed by atoms with Crippen LogP contribution in [0.3, 0.4) is 0 Å². The Morgan fingerprint density at radius 2 is 1.62 bits per heavy atom. The van der Waals surface area contributed by atoms with Crippen LogP contribution in [-0.2, 0) is 4.74 Å². The molecule has 2 saturated heterocycles. The Kier molecular flexibility index (Phi) is 5.49. The van der Waals surface area contributed by atoms with Gasteiger partial charge in [0.15, 0.2) is 0 Å². The average molecular weight is 297 g/mol. The van der Waals surface area contributed by atoms with Gasteiger partial charge in [0.1, 0.15) is 5.60 Å². The maximum Gasteiger partial charge on any atom is 0.410 e. The highest BCUT2D eigenvalue weighted by Gasteiger charge is 2.30. The Labute approximate surface area is 129 Å². The predicted molar refractivity (Wildman–Crippen MR) is 84.5 cm³/mol.